The number of carboxylic acids is 1. The Morgan fingerprint density at radius 2 is 1.59 bits per heavy atom. The number of unbranched alkanes of at least 4 members (excludes halogenated alkanes) is 1. The van der Waals surface area contributed by atoms with E-state index in [1.54, 1.807) is 49.4 Å². The molecule has 1 atom stereocenters. The number of amides is 1. The van der Waals surface area contributed by atoms with Crippen LogP contribution in [0.1, 0.15) is 30.9 Å². The van der Waals surface area contributed by atoms with E-state index in [1.165, 1.54) is 35.2 Å². The van der Waals surface area contributed by atoms with Crippen molar-refractivity contribution in [3.63, 3.8) is 0 Å². The van der Waals surface area contributed by atoms with Crippen molar-refractivity contribution in [3.05, 3.63) is 95.6 Å². The first-order valence-corrected chi connectivity index (χ1v) is 13.4. The number of aliphatic carboxylic acids is 1. The third-order valence-electron chi connectivity index (χ3n) is 6.06. The lowest BCUT2D eigenvalue weighted by molar-refractivity contribution is -0.149. The van der Waals surface area contributed by atoms with Gasteiger partial charge in [-0.15, -0.1) is 0 Å². The van der Waals surface area contributed by atoms with Crippen molar-refractivity contribution >= 4 is 12.1 Å². The summed E-state index contributed by atoms with van der Waals surface area (Å²) in [7, 11) is 0. The van der Waals surface area contributed by atoms with Crippen molar-refractivity contribution in [3.8, 4) is 11.5 Å². The molecule has 0 aliphatic carbocycles. The highest BCUT2D eigenvalue weighted by molar-refractivity contribution is 5.72. The van der Waals surface area contributed by atoms with Gasteiger partial charge in [0.2, 0.25) is 0 Å². The standard InChI is InChI=1S/C31H35F2NO7/c1-2-39-29(30(35)36)21-23-11-15-26(16-12-23)40-20-18-34(31(37)41-28-8-4-3-7-27(28)33)17-5-6-19-38-22-24-9-13-25(32)14-10-24/h3-4,7-16,29H,2,5-6,17-22H2,1H3,(H,35,36). The molecule has 8 nitrogen and oxygen atoms in total. The molecule has 220 valence electrons. The Hall–Kier alpha value is -4.02. The van der Waals surface area contributed by atoms with Crippen molar-refractivity contribution in [2.75, 3.05) is 32.9 Å². The molecule has 1 amide bonds. The van der Waals surface area contributed by atoms with Crippen molar-refractivity contribution in [1.29, 1.82) is 0 Å². The molecule has 0 radical (unpaired) electrons. The van der Waals surface area contributed by atoms with Crippen LogP contribution in [0.25, 0.3) is 0 Å². The predicted molar refractivity (Wildman–Crippen MR) is 148 cm³/mol. The first-order chi connectivity index (χ1) is 19.9. The van der Waals surface area contributed by atoms with Crippen LogP contribution in [-0.2, 0) is 27.3 Å². The lowest BCUT2D eigenvalue weighted by Gasteiger charge is -2.22. The van der Waals surface area contributed by atoms with Crippen LogP contribution in [0.2, 0.25) is 0 Å². The maximum atomic E-state index is 14.0. The molecule has 0 aromatic heterocycles. The summed E-state index contributed by atoms with van der Waals surface area (Å²) in [5.74, 6) is -1.57. The molecule has 0 fully saturated rings. The molecule has 0 aliphatic rings. The van der Waals surface area contributed by atoms with Crippen LogP contribution in [0.3, 0.4) is 0 Å². The average Bonchev–Trinajstić information content (AvgIpc) is 2.96. The smallest absolute Gasteiger partial charge is 0.415 e. The van der Waals surface area contributed by atoms with E-state index in [1.807, 2.05) is 0 Å². The third kappa shape index (κ3) is 11.2. The molecule has 3 rings (SSSR count). The van der Waals surface area contributed by atoms with Gasteiger partial charge < -0.3 is 29.0 Å². The Labute approximate surface area is 238 Å². The zero-order chi connectivity index (χ0) is 29.5. The van der Waals surface area contributed by atoms with Crippen LogP contribution in [0.5, 0.6) is 11.5 Å². The minimum absolute atomic E-state index is 0.156. The maximum Gasteiger partial charge on any atom is 0.415 e. The molecule has 0 aliphatic heterocycles. The van der Waals surface area contributed by atoms with Crippen LogP contribution in [-0.4, -0.2) is 61.1 Å². The molecule has 0 bridgehead atoms. The Morgan fingerprint density at radius 3 is 2.27 bits per heavy atom. The number of rotatable bonds is 17. The van der Waals surface area contributed by atoms with Gasteiger partial charge in [-0.1, -0.05) is 36.4 Å². The van der Waals surface area contributed by atoms with Gasteiger partial charge >= 0.3 is 12.1 Å². The number of benzene rings is 3. The number of ether oxygens (including phenoxy) is 4. The van der Waals surface area contributed by atoms with E-state index in [9.17, 15) is 23.5 Å². The summed E-state index contributed by atoms with van der Waals surface area (Å²) in [6.07, 6.45) is -0.126. The Morgan fingerprint density at radius 1 is 0.878 bits per heavy atom. The Kier molecular flexibility index (Phi) is 13.0. The Bertz CT molecular complexity index is 1220. The van der Waals surface area contributed by atoms with E-state index in [0.717, 1.165) is 11.1 Å². The fourth-order valence-electron chi connectivity index (χ4n) is 3.89. The van der Waals surface area contributed by atoms with Gasteiger partial charge in [-0.05, 0) is 67.3 Å². The third-order valence-corrected chi connectivity index (χ3v) is 6.06. The van der Waals surface area contributed by atoms with Crippen LogP contribution in [0.15, 0.2) is 72.8 Å². The lowest BCUT2D eigenvalue weighted by atomic mass is 10.1. The van der Waals surface area contributed by atoms with Crippen LogP contribution < -0.4 is 9.47 Å². The molecule has 3 aromatic carbocycles. The lowest BCUT2D eigenvalue weighted by Crippen LogP contribution is -2.37. The van der Waals surface area contributed by atoms with Crippen molar-refractivity contribution in [2.45, 2.75) is 38.9 Å². The molecule has 0 saturated carbocycles. The van der Waals surface area contributed by atoms with Crippen molar-refractivity contribution in [1.82, 2.24) is 4.90 Å². The summed E-state index contributed by atoms with van der Waals surface area (Å²) in [6, 6.07) is 18.7. The minimum atomic E-state index is -1.02. The maximum absolute atomic E-state index is 14.0. The normalized spacial score (nSPS) is 11.6. The molecule has 1 unspecified atom stereocenters. The summed E-state index contributed by atoms with van der Waals surface area (Å²) in [5.41, 5.74) is 1.65. The zero-order valence-electron chi connectivity index (χ0n) is 23.0. The van der Waals surface area contributed by atoms with Crippen molar-refractivity contribution in [2.24, 2.45) is 0 Å². The predicted octanol–water partition coefficient (Wildman–Crippen LogP) is 5.87. The zero-order valence-corrected chi connectivity index (χ0v) is 23.0. The van der Waals surface area contributed by atoms with Gasteiger partial charge in [-0.25, -0.2) is 18.4 Å². The largest absolute Gasteiger partial charge is 0.492 e. The molecule has 0 saturated heterocycles. The second-order valence-corrected chi connectivity index (χ2v) is 9.15. The van der Waals surface area contributed by atoms with Gasteiger partial charge in [0, 0.05) is 26.2 Å². The molecule has 0 spiro atoms. The number of hydrogen-bond acceptors (Lipinski definition) is 6. The number of para-hydroxylation sites is 1. The first kappa shape index (κ1) is 31.5. The minimum Gasteiger partial charge on any atom is -0.492 e. The fraction of sp³-hybridized carbons (Fsp3) is 0.355. The SMILES string of the molecule is CCOC(Cc1ccc(OCCN(CCCCOCc2ccc(F)cc2)C(=O)Oc2ccccc2F)cc1)C(=O)O. The molecule has 3 aromatic rings. The highest BCUT2D eigenvalue weighted by atomic mass is 19.1. The molecule has 41 heavy (non-hydrogen) atoms. The topological polar surface area (TPSA) is 94.5 Å². The molecular formula is C31H35F2NO7. The van der Waals surface area contributed by atoms with E-state index < -0.39 is 24.0 Å². The number of carbonyl (C=O) groups is 2. The number of carbonyl (C=O) groups excluding carboxylic acids is 1. The highest BCUT2D eigenvalue weighted by Gasteiger charge is 2.19. The molecule has 10 heteroatoms. The monoisotopic (exact) mass is 571 g/mol. The van der Waals surface area contributed by atoms with Crippen molar-refractivity contribution < 1.29 is 42.4 Å². The molecular weight excluding hydrogens is 536 g/mol. The fourth-order valence-corrected chi connectivity index (χ4v) is 3.89. The van der Waals surface area contributed by atoms with Gasteiger partial charge in [0.05, 0.1) is 13.2 Å². The summed E-state index contributed by atoms with van der Waals surface area (Å²) in [6.45, 7) is 3.53. The number of hydrogen-bond donors (Lipinski definition) is 1. The van der Waals surface area contributed by atoms with E-state index in [4.69, 9.17) is 18.9 Å². The van der Waals surface area contributed by atoms with Gasteiger partial charge in [0.1, 0.15) is 18.2 Å². The summed E-state index contributed by atoms with van der Waals surface area (Å²) in [4.78, 5) is 25.6. The molecule has 0 heterocycles. The molecule has 1 N–H and O–H groups in total. The van der Waals surface area contributed by atoms with E-state index in [2.05, 4.69) is 0 Å². The van der Waals surface area contributed by atoms with E-state index >= 15 is 0 Å². The summed E-state index contributed by atoms with van der Waals surface area (Å²) >= 11 is 0. The van der Waals surface area contributed by atoms with Crippen LogP contribution in [0.4, 0.5) is 13.6 Å². The number of carboxylic acid groups (broad SMARTS) is 1. The average molecular weight is 572 g/mol. The highest BCUT2D eigenvalue weighted by Crippen LogP contribution is 2.18. The van der Waals surface area contributed by atoms with E-state index in [0.29, 0.717) is 45.0 Å². The summed E-state index contributed by atoms with van der Waals surface area (Å²) < 4.78 is 49.0. The number of nitrogens with zero attached hydrogens (tertiary/aromatic N) is 1. The number of halogens is 2. The van der Waals surface area contributed by atoms with Gasteiger partial charge in [-0.3, -0.25) is 0 Å². The first-order valence-electron chi connectivity index (χ1n) is 13.4. The second kappa shape index (κ2) is 16.9. The second-order valence-electron chi connectivity index (χ2n) is 9.15. The van der Waals surface area contributed by atoms with Gasteiger partial charge in [0.15, 0.2) is 17.7 Å². The Balaban J connectivity index is 1.49. The van der Waals surface area contributed by atoms with Crippen LogP contribution >= 0.6 is 0 Å². The summed E-state index contributed by atoms with van der Waals surface area (Å²) in [5, 5.41) is 9.27. The van der Waals surface area contributed by atoms with Gasteiger partial charge in [0.25, 0.3) is 0 Å². The van der Waals surface area contributed by atoms with Gasteiger partial charge in [-0.2, -0.15) is 0 Å². The quantitative estimate of drug-likeness (QED) is 0.203. The van der Waals surface area contributed by atoms with Crippen LogP contribution in [0, 0.1) is 11.6 Å². The van der Waals surface area contributed by atoms with E-state index in [-0.39, 0.29) is 31.1 Å².